The molecule has 1 aromatic carbocycles. The number of rotatable bonds is 2. The molecule has 1 saturated heterocycles. The molecule has 0 amide bonds. The molecular weight excluding hydrogens is 286 g/mol. The van der Waals surface area contributed by atoms with Crippen LogP contribution in [0.3, 0.4) is 0 Å². The normalized spacial score (nSPS) is 23.0. The highest BCUT2D eigenvalue weighted by Crippen LogP contribution is 2.81. The van der Waals surface area contributed by atoms with Crippen LogP contribution in [-0.4, -0.2) is 18.0 Å². The van der Waals surface area contributed by atoms with E-state index in [0.717, 1.165) is 6.54 Å². The summed E-state index contributed by atoms with van der Waals surface area (Å²) in [4.78, 5) is 2.25. The van der Waals surface area contributed by atoms with Crippen molar-refractivity contribution in [1.29, 1.82) is 21.0 Å². The molecular formula is C18H15N5. The lowest BCUT2D eigenvalue weighted by Gasteiger charge is -2.33. The van der Waals surface area contributed by atoms with E-state index in [1.807, 2.05) is 42.5 Å². The zero-order valence-corrected chi connectivity index (χ0v) is 12.7. The average Bonchev–Trinajstić information content (AvgIpc) is 3.12. The predicted molar refractivity (Wildman–Crippen MR) is 80.7 cm³/mol. The number of benzene rings is 1. The maximum absolute atomic E-state index is 9.48. The summed E-state index contributed by atoms with van der Waals surface area (Å²) in [6.45, 7) is 2.17. The fourth-order valence-electron chi connectivity index (χ4n) is 4.19. The minimum atomic E-state index is -1.48. The third-order valence-electron chi connectivity index (χ3n) is 5.57. The number of nitrogens with zero attached hydrogens (tertiary/aromatic N) is 5. The third-order valence-corrected chi connectivity index (χ3v) is 5.57. The molecule has 0 bridgehead atoms. The van der Waals surface area contributed by atoms with E-state index in [9.17, 15) is 21.0 Å². The molecule has 1 spiro atoms. The quantitative estimate of drug-likeness (QED) is 0.835. The first-order chi connectivity index (χ1) is 11.1. The Labute approximate surface area is 135 Å². The van der Waals surface area contributed by atoms with Gasteiger partial charge >= 0.3 is 0 Å². The van der Waals surface area contributed by atoms with Gasteiger partial charge in [0.05, 0.1) is 24.3 Å². The molecule has 1 aliphatic carbocycles. The van der Waals surface area contributed by atoms with Crippen LogP contribution in [0.15, 0.2) is 30.3 Å². The molecule has 5 heteroatoms. The van der Waals surface area contributed by atoms with Gasteiger partial charge < -0.3 is 0 Å². The number of likely N-dealkylation sites (tertiary alicyclic amines) is 1. The molecule has 0 atom stereocenters. The van der Waals surface area contributed by atoms with Gasteiger partial charge in [0, 0.05) is 12.0 Å². The van der Waals surface area contributed by atoms with Crippen molar-refractivity contribution >= 4 is 0 Å². The summed E-state index contributed by atoms with van der Waals surface area (Å²) < 4.78 is 0. The van der Waals surface area contributed by atoms with Gasteiger partial charge in [0.2, 0.25) is 0 Å². The van der Waals surface area contributed by atoms with Gasteiger partial charge in [0.25, 0.3) is 0 Å². The van der Waals surface area contributed by atoms with Gasteiger partial charge in [-0.15, -0.1) is 0 Å². The van der Waals surface area contributed by atoms with Crippen LogP contribution in [0, 0.1) is 61.6 Å². The smallest absolute Gasteiger partial charge is 0.184 e. The minimum absolute atomic E-state index is 0.530. The van der Waals surface area contributed by atoms with Gasteiger partial charge in [0.15, 0.2) is 10.8 Å². The molecule has 0 N–H and O–H groups in total. The van der Waals surface area contributed by atoms with E-state index in [0.29, 0.717) is 25.9 Å². The van der Waals surface area contributed by atoms with Crippen LogP contribution >= 0.6 is 0 Å². The van der Waals surface area contributed by atoms with Crippen molar-refractivity contribution in [3.8, 4) is 24.3 Å². The Kier molecular flexibility index (Phi) is 3.34. The molecule has 3 rings (SSSR count). The van der Waals surface area contributed by atoms with Crippen LogP contribution in [0.1, 0.15) is 18.4 Å². The Morgan fingerprint density at radius 3 is 1.74 bits per heavy atom. The first kappa shape index (κ1) is 15.1. The summed E-state index contributed by atoms with van der Waals surface area (Å²) in [6, 6.07) is 18.1. The highest BCUT2D eigenvalue weighted by molar-refractivity contribution is 5.56. The van der Waals surface area contributed by atoms with E-state index in [2.05, 4.69) is 17.0 Å². The molecule has 23 heavy (non-hydrogen) atoms. The largest absolute Gasteiger partial charge is 0.299 e. The van der Waals surface area contributed by atoms with Crippen molar-refractivity contribution in [3.05, 3.63) is 35.9 Å². The Morgan fingerprint density at radius 2 is 1.30 bits per heavy atom. The summed E-state index contributed by atoms with van der Waals surface area (Å²) in [6.07, 6.45) is 1.06. The van der Waals surface area contributed by atoms with Crippen LogP contribution in [0.5, 0.6) is 0 Å². The summed E-state index contributed by atoms with van der Waals surface area (Å²) >= 11 is 0. The van der Waals surface area contributed by atoms with E-state index in [1.54, 1.807) is 0 Å². The van der Waals surface area contributed by atoms with Crippen molar-refractivity contribution in [1.82, 2.24) is 4.90 Å². The van der Waals surface area contributed by atoms with Crippen LogP contribution < -0.4 is 0 Å². The lowest BCUT2D eigenvalue weighted by atomic mass is 9.83. The SMILES string of the molecule is N#CC1(C#N)C(C#N)(C#N)C12CCN(Cc1ccccc1)CC2. The first-order valence-electron chi connectivity index (χ1n) is 7.56. The van der Waals surface area contributed by atoms with Gasteiger partial charge in [-0.05, 0) is 31.5 Å². The monoisotopic (exact) mass is 301 g/mol. The highest BCUT2D eigenvalue weighted by atomic mass is 15.1. The zero-order chi connectivity index (χ0) is 16.6. The molecule has 1 heterocycles. The zero-order valence-electron chi connectivity index (χ0n) is 12.7. The molecule has 2 fully saturated rings. The predicted octanol–water partition coefficient (Wildman–Crippen LogP) is 2.35. The van der Waals surface area contributed by atoms with Crippen molar-refractivity contribution in [3.63, 3.8) is 0 Å². The lowest BCUT2D eigenvalue weighted by molar-refractivity contribution is 0.146. The highest BCUT2D eigenvalue weighted by Gasteiger charge is 2.91. The number of nitriles is 4. The van der Waals surface area contributed by atoms with E-state index in [4.69, 9.17) is 0 Å². The van der Waals surface area contributed by atoms with Crippen LogP contribution in [-0.2, 0) is 6.54 Å². The molecule has 1 saturated carbocycles. The summed E-state index contributed by atoms with van der Waals surface area (Å²) in [5, 5.41) is 37.9. The lowest BCUT2D eigenvalue weighted by Crippen LogP contribution is -2.36. The second-order valence-electron chi connectivity index (χ2n) is 6.29. The topological polar surface area (TPSA) is 98.4 Å². The molecule has 0 aromatic heterocycles. The summed E-state index contributed by atoms with van der Waals surface area (Å²) in [5.41, 5.74) is -2.57. The maximum Gasteiger partial charge on any atom is 0.184 e. The van der Waals surface area contributed by atoms with Crippen molar-refractivity contribution in [2.24, 2.45) is 16.2 Å². The van der Waals surface area contributed by atoms with Crippen molar-refractivity contribution in [2.45, 2.75) is 19.4 Å². The first-order valence-corrected chi connectivity index (χ1v) is 7.56. The van der Waals surface area contributed by atoms with Crippen LogP contribution in [0.4, 0.5) is 0 Å². The van der Waals surface area contributed by atoms with Crippen molar-refractivity contribution in [2.75, 3.05) is 13.1 Å². The standard InChI is InChI=1S/C18H15N5/c19-11-17(12-20)16(18(17,13-21)14-22)6-8-23(9-7-16)10-15-4-2-1-3-5-15/h1-5H,6-10H2. The van der Waals surface area contributed by atoms with Gasteiger partial charge in [-0.25, -0.2) is 0 Å². The van der Waals surface area contributed by atoms with E-state index < -0.39 is 16.2 Å². The Hall–Kier alpha value is -2.86. The number of hydrogen-bond acceptors (Lipinski definition) is 5. The minimum Gasteiger partial charge on any atom is -0.299 e. The van der Waals surface area contributed by atoms with Crippen LogP contribution in [0.25, 0.3) is 0 Å². The summed E-state index contributed by atoms with van der Waals surface area (Å²) in [7, 11) is 0. The van der Waals surface area contributed by atoms with Gasteiger partial charge in [0.1, 0.15) is 0 Å². The molecule has 1 aliphatic heterocycles. The van der Waals surface area contributed by atoms with E-state index >= 15 is 0 Å². The molecule has 0 unspecified atom stereocenters. The van der Waals surface area contributed by atoms with Gasteiger partial charge in [-0.1, -0.05) is 30.3 Å². The third kappa shape index (κ3) is 1.66. The van der Waals surface area contributed by atoms with E-state index in [1.165, 1.54) is 5.56 Å². The molecule has 112 valence electrons. The van der Waals surface area contributed by atoms with Gasteiger partial charge in [-0.3, -0.25) is 4.90 Å². The Bertz CT molecular complexity index is 708. The fraction of sp³-hybridized carbons (Fsp3) is 0.444. The number of piperidine rings is 1. The average molecular weight is 301 g/mol. The molecule has 1 aromatic rings. The molecule has 2 aliphatic rings. The molecule has 0 radical (unpaired) electrons. The second-order valence-corrected chi connectivity index (χ2v) is 6.29. The Morgan fingerprint density at radius 1 is 0.826 bits per heavy atom. The fourth-order valence-corrected chi connectivity index (χ4v) is 4.19. The van der Waals surface area contributed by atoms with Crippen LogP contribution in [0.2, 0.25) is 0 Å². The Balaban J connectivity index is 1.79. The maximum atomic E-state index is 9.48. The molecule has 5 nitrogen and oxygen atoms in total. The van der Waals surface area contributed by atoms with E-state index in [-0.39, 0.29) is 0 Å². The number of hydrogen-bond donors (Lipinski definition) is 0. The van der Waals surface area contributed by atoms with Crippen molar-refractivity contribution < 1.29 is 0 Å². The summed E-state index contributed by atoms with van der Waals surface area (Å²) in [5.74, 6) is 0. The van der Waals surface area contributed by atoms with Gasteiger partial charge in [-0.2, -0.15) is 21.0 Å². The second kappa shape index (κ2) is 5.10.